The Labute approximate surface area is 163 Å². The van der Waals surface area contributed by atoms with Crippen LogP contribution in [-0.2, 0) is 9.59 Å². The molecule has 0 spiro atoms. The third kappa shape index (κ3) is 3.55. The lowest BCUT2D eigenvalue weighted by Crippen LogP contribution is -2.55. The maximum atomic E-state index is 13.0. The number of carboxylic acids is 1. The van der Waals surface area contributed by atoms with Gasteiger partial charge in [0.1, 0.15) is 12.3 Å². The predicted molar refractivity (Wildman–Crippen MR) is 105 cm³/mol. The summed E-state index contributed by atoms with van der Waals surface area (Å²) in [6, 6.07) is 13.5. The van der Waals surface area contributed by atoms with Crippen molar-refractivity contribution in [3.05, 3.63) is 54.1 Å². The highest BCUT2D eigenvalue weighted by atomic mass is 16.5. The van der Waals surface area contributed by atoms with Gasteiger partial charge in [-0.25, -0.2) is 4.79 Å². The molecule has 3 rings (SSSR count). The van der Waals surface area contributed by atoms with E-state index in [0.29, 0.717) is 12.2 Å². The van der Waals surface area contributed by atoms with Crippen molar-refractivity contribution < 1.29 is 24.2 Å². The van der Waals surface area contributed by atoms with E-state index >= 15 is 0 Å². The summed E-state index contributed by atoms with van der Waals surface area (Å²) < 4.78 is 5.73. The molecule has 0 saturated carbocycles. The molecule has 7 nitrogen and oxygen atoms in total. The van der Waals surface area contributed by atoms with Crippen molar-refractivity contribution in [1.29, 1.82) is 0 Å². The van der Waals surface area contributed by atoms with Crippen LogP contribution in [-0.4, -0.2) is 41.6 Å². The molecule has 28 heavy (non-hydrogen) atoms. The largest absolute Gasteiger partial charge is 0.478 e. The average Bonchev–Trinajstić information content (AvgIpc) is 2.66. The summed E-state index contributed by atoms with van der Waals surface area (Å²) in [5.41, 5.74) is -0.0355. The Balaban J connectivity index is 1.95. The fourth-order valence-corrected chi connectivity index (χ4v) is 3.19. The minimum absolute atomic E-state index is 0.0506. The number of fused-ring (bicyclic) bond motifs is 1. The van der Waals surface area contributed by atoms with Crippen LogP contribution in [0.25, 0.3) is 0 Å². The Morgan fingerprint density at radius 1 is 1.14 bits per heavy atom. The summed E-state index contributed by atoms with van der Waals surface area (Å²) in [6.07, 6.45) is 0. The van der Waals surface area contributed by atoms with Gasteiger partial charge in [0.15, 0.2) is 5.60 Å². The fourth-order valence-electron chi connectivity index (χ4n) is 3.19. The highest BCUT2D eigenvalue weighted by Crippen LogP contribution is 2.38. The van der Waals surface area contributed by atoms with Gasteiger partial charge in [-0.1, -0.05) is 18.2 Å². The van der Waals surface area contributed by atoms with Crippen LogP contribution in [0.1, 0.15) is 31.1 Å². The first kappa shape index (κ1) is 19.4. The lowest BCUT2D eigenvalue weighted by atomic mass is 10.0. The molecule has 0 saturated heterocycles. The maximum Gasteiger partial charge on any atom is 0.335 e. The van der Waals surface area contributed by atoms with Crippen molar-refractivity contribution in [2.24, 2.45) is 0 Å². The Morgan fingerprint density at radius 2 is 1.82 bits per heavy atom. The van der Waals surface area contributed by atoms with Gasteiger partial charge >= 0.3 is 5.97 Å². The van der Waals surface area contributed by atoms with Crippen LogP contribution in [0.4, 0.5) is 11.4 Å². The van der Waals surface area contributed by atoms with Gasteiger partial charge in [-0.15, -0.1) is 0 Å². The average molecular weight is 382 g/mol. The molecule has 1 aliphatic heterocycles. The Kier molecular flexibility index (Phi) is 5.09. The normalized spacial score (nSPS) is 14.8. The van der Waals surface area contributed by atoms with E-state index in [1.54, 1.807) is 18.7 Å². The van der Waals surface area contributed by atoms with Crippen LogP contribution < -0.4 is 14.5 Å². The van der Waals surface area contributed by atoms with Crippen LogP contribution in [0.2, 0.25) is 0 Å². The number of amides is 2. The number of nitrogens with zero attached hydrogens (tertiary/aromatic N) is 2. The molecule has 1 heterocycles. The molecule has 7 heteroatoms. The monoisotopic (exact) mass is 382 g/mol. The van der Waals surface area contributed by atoms with Crippen molar-refractivity contribution in [3.8, 4) is 5.75 Å². The number of rotatable bonds is 5. The highest BCUT2D eigenvalue weighted by molar-refractivity contribution is 6.08. The summed E-state index contributed by atoms with van der Waals surface area (Å²) in [5.74, 6) is -1.43. The molecule has 0 bridgehead atoms. The van der Waals surface area contributed by atoms with Crippen LogP contribution in [0.5, 0.6) is 5.75 Å². The molecule has 1 aliphatic rings. The quantitative estimate of drug-likeness (QED) is 0.859. The van der Waals surface area contributed by atoms with E-state index < -0.39 is 11.6 Å². The molecule has 0 atom stereocenters. The second-order valence-corrected chi connectivity index (χ2v) is 6.96. The maximum absolute atomic E-state index is 13.0. The Morgan fingerprint density at radius 3 is 2.43 bits per heavy atom. The van der Waals surface area contributed by atoms with E-state index in [1.807, 2.05) is 37.3 Å². The molecular formula is C21H22N2O5. The lowest BCUT2D eigenvalue weighted by molar-refractivity contribution is -0.134. The zero-order valence-corrected chi connectivity index (χ0v) is 16.0. The molecular weight excluding hydrogens is 360 g/mol. The van der Waals surface area contributed by atoms with E-state index in [9.17, 15) is 19.5 Å². The van der Waals surface area contributed by atoms with E-state index in [0.717, 1.165) is 5.69 Å². The molecule has 146 valence electrons. The van der Waals surface area contributed by atoms with Crippen molar-refractivity contribution >= 4 is 29.2 Å². The van der Waals surface area contributed by atoms with Gasteiger partial charge in [0.05, 0.1) is 11.3 Å². The predicted octanol–water partition coefficient (Wildman–Crippen LogP) is 2.94. The molecule has 0 aromatic heterocycles. The van der Waals surface area contributed by atoms with Crippen molar-refractivity contribution in [1.82, 2.24) is 0 Å². The third-order valence-electron chi connectivity index (χ3n) is 4.60. The summed E-state index contributed by atoms with van der Waals surface area (Å²) in [6.45, 7) is 5.34. The summed E-state index contributed by atoms with van der Waals surface area (Å²) in [4.78, 5) is 40.1. The number of hydrogen-bond donors (Lipinski definition) is 1. The van der Waals surface area contributed by atoms with E-state index in [-0.39, 0.29) is 29.7 Å². The SMILES string of the molecule is CCN(C(=O)CN1C(=O)C(C)(C)Oc2cc(C(=O)O)ccc21)c1ccccc1. The number of likely N-dealkylation sites (N-methyl/N-ethyl adjacent to an activating group) is 1. The van der Waals surface area contributed by atoms with Crippen LogP contribution in [0.3, 0.4) is 0 Å². The van der Waals surface area contributed by atoms with Gasteiger partial charge in [0.2, 0.25) is 5.91 Å². The first-order valence-corrected chi connectivity index (χ1v) is 8.98. The van der Waals surface area contributed by atoms with Gasteiger partial charge in [-0.3, -0.25) is 14.5 Å². The molecule has 2 aromatic rings. The first-order chi connectivity index (χ1) is 13.2. The van der Waals surface area contributed by atoms with E-state index in [2.05, 4.69) is 0 Å². The molecule has 0 aliphatic carbocycles. The van der Waals surface area contributed by atoms with Gasteiger partial charge in [0, 0.05) is 12.2 Å². The molecule has 2 amide bonds. The van der Waals surface area contributed by atoms with Gasteiger partial charge in [0.25, 0.3) is 5.91 Å². The van der Waals surface area contributed by atoms with E-state index in [1.165, 1.54) is 23.1 Å². The van der Waals surface area contributed by atoms with Gasteiger partial charge in [-0.2, -0.15) is 0 Å². The smallest absolute Gasteiger partial charge is 0.335 e. The zero-order valence-electron chi connectivity index (χ0n) is 16.0. The molecule has 0 unspecified atom stereocenters. The number of anilines is 2. The summed E-state index contributed by atoms with van der Waals surface area (Å²) in [5, 5.41) is 9.21. The molecule has 0 radical (unpaired) electrons. The number of aromatic carboxylic acids is 1. The number of hydrogen-bond acceptors (Lipinski definition) is 4. The van der Waals surface area contributed by atoms with Crippen molar-refractivity contribution in [2.45, 2.75) is 26.4 Å². The standard InChI is InChI=1S/C21H22N2O5/c1-4-22(15-8-6-5-7-9-15)18(24)13-23-16-11-10-14(19(25)26)12-17(16)28-21(2,3)20(23)27/h5-12H,4,13H2,1-3H3,(H,25,26). The van der Waals surface area contributed by atoms with Crippen molar-refractivity contribution in [2.75, 3.05) is 22.9 Å². The zero-order chi connectivity index (χ0) is 20.5. The molecule has 2 aromatic carbocycles. The second kappa shape index (κ2) is 7.34. The number of para-hydroxylation sites is 1. The second-order valence-electron chi connectivity index (χ2n) is 6.96. The number of carbonyl (C=O) groups is 3. The lowest BCUT2D eigenvalue weighted by Gasteiger charge is -2.39. The Hall–Kier alpha value is -3.35. The van der Waals surface area contributed by atoms with Crippen LogP contribution in [0.15, 0.2) is 48.5 Å². The first-order valence-electron chi connectivity index (χ1n) is 8.98. The van der Waals surface area contributed by atoms with Crippen LogP contribution >= 0.6 is 0 Å². The minimum Gasteiger partial charge on any atom is -0.478 e. The van der Waals surface area contributed by atoms with Crippen LogP contribution in [0, 0.1) is 0 Å². The number of carboxylic acid groups (broad SMARTS) is 1. The summed E-state index contributed by atoms with van der Waals surface area (Å²) in [7, 11) is 0. The number of benzene rings is 2. The topological polar surface area (TPSA) is 87.2 Å². The Bertz CT molecular complexity index is 924. The molecule has 0 fully saturated rings. The highest BCUT2D eigenvalue weighted by Gasteiger charge is 2.42. The fraction of sp³-hybridized carbons (Fsp3) is 0.286. The van der Waals surface area contributed by atoms with Crippen molar-refractivity contribution in [3.63, 3.8) is 0 Å². The summed E-state index contributed by atoms with van der Waals surface area (Å²) >= 11 is 0. The van der Waals surface area contributed by atoms with E-state index in [4.69, 9.17) is 4.74 Å². The van der Waals surface area contributed by atoms with Gasteiger partial charge in [-0.05, 0) is 51.1 Å². The van der Waals surface area contributed by atoms with Gasteiger partial charge < -0.3 is 14.7 Å². The third-order valence-corrected chi connectivity index (χ3v) is 4.60. The number of carbonyl (C=O) groups excluding carboxylic acids is 2. The minimum atomic E-state index is -1.21. The number of ether oxygens (including phenoxy) is 1. The molecule has 1 N–H and O–H groups in total.